The third-order valence-electron chi connectivity index (χ3n) is 5.06. The number of hydrogen-bond acceptors (Lipinski definition) is 3. The van der Waals surface area contributed by atoms with Crippen LogP contribution in [0.4, 0.5) is 10.5 Å². The van der Waals surface area contributed by atoms with Gasteiger partial charge in [0.2, 0.25) is 0 Å². The predicted octanol–water partition coefficient (Wildman–Crippen LogP) is 4.04. The number of urea groups is 1. The van der Waals surface area contributed by atoms with Gasteiger partial charge in [-0.1, -0.05) is 31.9 Å². The van der Waals surface area contributed by atoms with Gasteiger partial charge in [-0.15, -0.1) is 0 Å². The second-order valence-electron chi connectivity index (χ2n) is 7.29. The maximum Gasteiger partial charge on any atom is 0.321 e. The minimum absolute atomic E-state index is 0.0512. The van der Waals surface area contributed by atoms with E-state index in [-0.39, 0.29) is 6.03 Å². The Hall–Kier alpha value is -1.59. The van der Waals surface area contributed by atoms with Crippen molar-refractivity contribution in [1.82, 2.24) is 4.90 Å². The zero-order valence-electron chi connectivity index (χ0n) is 15.2. The highest BCUT2D eigenvalue weighted by atomic mass is 16.5. The molecule has 1 saturated carbocycles. The third-order valence-corrected chi connectivity index (χ3v) is 5.06. The molecule has 25 heavy (non-hydrogen) atoms. The highest BCUT2D eigenvalue weighted by Crippen LogP contribution is 2.26. The molecule has 2 unspecified atom stereocenters. The highest BCUT2D eigenvalue weighted by Gasteiger charge is 2.19. The molecule has 0 aromatic heterocycles. The van der Waals surface area contributed by atoms with Crippen LogP contribution >= 0.6 is 0 Å². The molecule has 3 rings (SSSR count). The lowest BCUT2D eigenvalue weighted by atomic mass is 9.89. The molecule has 0 radical (unpaired) electrons. The predicted molar refractivity (Wildman–Crippen MR) is 98.7 cm³/mol. The molecule has 1 N–H and O–H groups in total. The molecule has 2 fully saturated rings. The van der Waals surface area contributed by atoms with Crippen LogP contribution in [0.1, 0.15) is 44.6 Å². The molecule has 5 nitrogen and oxygen atoms in total. The number of nitrogens with zero attached hydrogens (tertiary/aromatic N) is 1. The fraction of sp³-hybridized carbons (Fsp3) is 0.650. The quantitative estimate of drug-likeness (QED) is 0.895. The van der Waals surface area contributed by atoms with E-state index in [0.717, 1.165) is 49.6 Å². The Bertz CT molecular complexity index is 556. The minimum atomic E-state index is -0.0512. The standard InChI is InChI=1S/C20H30N2O3/c1-16-5-2-8-19(13-16)25-15-17-6-3-7-18(14-17)21-20(23)22-9-4-11-24-12-10-22/h3,6-7,14,16,19H,2,4-5,8-13,15H2,1H3,(H,21,23). The smallest absolute Gasteiger partial charge is 0.321 e. The number of carbonyl (C=O) groups excluding carboxylic acids is 1. The van der Waals surface area contributed by atoms with Crippen LogP contribution < -0.4 is 5.32 Å². The number of rotatable bonds is 4. The summed E-state index contributed by atoms with van der Waals surface area (Å²) in [6.07, 6.45) is 6.18. The van der Waals surface area contributed by atoms with Crippen LogP contribution in [0.15, 0.2) is 24.3 Å². The lowest BCUT2D eigenvalue weighted by molar-refractivity contribution is 0.00468. The molecule has 0 bridgehead atoms. The number of amides is 2. The first-order valence-corrected chi connectivity index (χ1v) is 9.55. The van der Waals surface area contributed by atoms with Crippen molar-refractivity contribution in [3.8, 4) is 0 Å². The summed E-state index contributed by atoms with van der Waals surface area (Å²) in [5.41, 5.74) is 1.93. The lowest BCUT2D eigenvalue weighted by Gasteiger charge is -2.26. The van der Waals surface area contributed by atoms with Crippen LogP contribution in [0.2, 0.25) is 0 Å². The van der Waals surface area contributed by atoms with Gasteiger partial charge in [-0.3, -0.25) is 0 Å². The van der Waals surface area contributed by atoms with Gasteiger partial charge in [0.15, 0.2) is 0 Å². The topological polar surface area (TPSA) is 50.8 Å². The van der Waals surface area contributed by atoms with E-state index in [1.54, 1.807) is 0 Å². The summed E-state index contributed by atoms with van der Waals surface area (Å²) in [4.78, 5) is 14.2. The average Bonchev–Trinajstić information content (AvgIpc) is 2.90. The van der Waals surface area contributed by atoms with Gasteiger partial charge in [0.05, 0.1) is 19.3 Å². The van der Waals surface area contributed by atoms with Crippen LogP contribution in [0.25, 0.3) is 0 Å². The Morgan fingerprint density at radius 1 is 1.28 bits per heavy atom. The second-order valence-corrected chi connectivity index (χ2v) is 7.29. The SMILES string of the molecule is CC1CCCC(OCc2cccc(NC(=O)N3CCCOCC3)c2)C1. The van der Waals surface area contributed by atoms with Gasteiger partial charge in [-0.25, -0.2) is 4.79 Å². The molecular formula is C20H30N2O3. The highest BCUT2D eigenvalue weighted by molar-refractivity contribution is 5.89. The van der Waals surface area contributed by atoms with Crippen molar-refractivity contribution in [3.05, 3.63) is 29.8 Å². The van der Waals surface area contributed by atoms with Crippen molar-refractivity contribution in [2.24, 2.45) is 5.92 Å². The Morgan fingerprint density at radius 2 is 2.20 bits per heavy atom. The molecule has 1 aliphatic carbocycles. The molecule has 0 spiro atoms. The first kappa shape index (κ1) is 18.2. The van der Waals surface area contributed by atoms with E-state index in [0.29, 0.717) is 25.9 Å². The minimum Gasteiger partial charge on any atom is -0.380 e. The van der Waals surface area contributed by atoms with Gasteiger partial charge in [-0.2, -0.15) is 0 Å². The molecule has 2 aliphatic rings. The molecule has 138 valence electrons. The van der Waals surface area contributed by atoms with E-state index in [1.165, 1.54) is 12.8 Å². The molecule has 1 heterocycles. The van der Waals surface area contributed by atoms with Crippen LogP contribution in [0, 0.1) is 5.92 Å². The summed E-state index contributed by atoms with van der Waals surface area (Å²) >= 11 is 0. The van der Waals surface area contributed by atoms with Crippen molar-refractivity contribution in [1.29, 1.82) is 0 Å². The maximum absolute atomic E-state index is 12.4. The van der Waals surface area contributed by atoms with E-state index >= 15 is 0 Å². The molecule has 1 saturated heterocycles. The first-order chi connectivity index (χ1) is 12.2. The van der Waals surface area contributed by atoms with Crippen LogP contribution in [-0.4, -0.2) is 43.3 Å². The second kappa shape index (κ2) is 9.20. The Morgan fingerprint density at radius 3 is 3.08 bits per heavy atom. The molecule has 1 aromatic carbocycles. The van der Waals surface area contributed by atoms with Crippen molar-refractivity contribution in [3.63, 3.8) is 0 Å². The van der Waals surface area contributed by atoms with Gasteiger partial charge in [0.25, 0.3) is 0 Å². The fourth-order valence-electron chi connectivity index (χ4n) is 3.63. The van der Waals surface area contributed by atoms with Crippen molar-refractivity contribution < 1.29 is 14.3 Å². The third kappa shape index (κ3) is 5.72. The summed E-state index contributed by atoms with van der Waals surface area (Å²) in [6.45, 7) is 5.65. The van der Waals surface area contributed by atoms with E-state index in [2.05, 4.69) is 18.3 Å². The maximum atomic E-state index is 12.4. The Labute approximate surface area is 150 Å². The number of nitrogens with one attached hydrogen (secondary N) is 1. The van der Waals surface area contributed by atoms with Gasteiger partial charge in [0, 0.05) is 25.4 Å². The van der Waals surface area contributed by atoms with Crippen molar-refractivity contribution >= 4 is 11.7 Å². The summed E-state index contributed by atoms with van der Waals surface area (Å²) in [5.74, 6) is 0.766. The number of carbonyl (C=O) groups is 1. The molecule has 2 atom stereocenters. The summed E-state index contributed by atoms with van der Waals surface area (Å²) < 4.78 is 11.5. The van der Waals surface area contributed by atoms with Crippen LogP contribution in [0.3, 0.4) is 0 Å². The summed E-state index contributed by atoms with van der Waals surface area (Å²) in [6, 6.07) is 7.92. The summed E-state index contributed by atoms with van der Waals surface area (Å²) in [7, 11) is 0. The van der Waals surface area contributed by atoms with Crippen molar-refractivity contribution in [2.75, 3.05) is 31.6 Å². The molecule has 5 heteroatoms. The fourth-order valence-corrected chi connectivity index (χ4v) is 3.63. The van der Waals surface area contributed by atoms with Gasteiger partial charge in [-0.05, 0) is 42.9 Å². The van der Waals surface area contributed by atoms with E-state index < -0.39 is 0 Å². The Kier molecular flexibility index (Phi) is 6.70. The molecule has 2 amide bonds. The van der Waals surface area contributed by atoms with E-state index in [9.17, 15) is 4.79 Å². The first-order valence-electron chi connectivity index (χ1n) is 9.55. The zero-order valence-corrected chi connectivity index (χ0v) is 15.2. The molecule has 1 aliphatic heterocycles. The Balaban J connectivity index is 1.51. The van der Waals surface area contributed by atoms with E-state index in [1.807, 2.05) is 23.1 Å². The molecular weight excluding hydrogens is 316 g/mol. The zero-order chi connectivity index (χ0) is 17.5. The normalized spacial score (nSPS) is 24.6. The van der Waals surface area contributed by atoms with Crippen molar-refractivity contribution in [2.45, 2.75) is 51.7 Å². The average molecular weight is 346 g/mol. The monoisotopic (exact) mass is 346 g/mol. The summed E-state index contributed by atoms with van der Waals surface area (Å²) in [5, 5.41) is 3.00. The van der Waals surface area contributed by atoms with Gasteiger partial charge < -0.3 is 19.7 Å². The van der Waals surface area contributed by atoms with Gasteiger partial charge in [0.1, 0.15) is 0 Å². The van der Waals surface area contributed by atoms with Gasteiger partial charge >= 0.3 is 6.03 Å². The number of benzene rings is 1. The number of anilines is 1. The number of ether oxygens (including phenoxy) is 2. The number of hydrogen-bond donors (Lipinski definition) is 1. The molecule has 1 aromatic rings. The largest absolute Gasteiger partial charge is 0.380 e. The van der Waals surface area contributed by atoms with Crippen LogP contribution in [0.5, 0.6) is 0 Å². The lowest BCUT2D eigenvalue weighted by Crippen LogP contribution is -2.36. The van der Waals surface area contributed by atoms with E-state index in [4.69, 9.17) is 9.47 Å². The van der Waals surface area contributed by atoms with Crippen LogP contribution in [-0.2, 0) is 16.1 Å².